The monoisotopic (exact) mass is 474 g/mol. The molecule has 1 aliphatic rings. The number of rotatable bonds is 5. The van der Waals surface area contributed by atoms with E-state index in [1.54, 1.807) is 0 Å². The van der Waals surface area contributed by atoms with Crippen molar-refractivity contribution < 1.29 is 45.3 Å². The zero-order valence-electron chi connectivity index (χ0n) is 16.9. The highest BCUT2D eigenvalue weighted by Gasteiger charge is 2.51. The van der Waals surface area contributed by atoms with Crippen LogP contribution >= 0.6 is 0 Å². The van der Waals surface area contributed by atoms with Crippen molar-refractivity contribution in [1.29, 1.82) is 5.26 Å². The zero-order chi connectivity index (χ0) is 24.4. The van der Waals surface area contributed by atoms with Crippen LogP contribution in [0, 0.1) is 11.3 Å². The first kappa shape index (κ1) is 24.2. The Morgan fingerprint density at radius 3 is 2.36 bits per heavy atom. The lowest BCUT2D eigenvalue weighted by Gasteiger charge is -2.27. The third-order valence-electron chi connectivity index (χ3n) is 4.76. The molecule has 12 heteroatoms. The zero-order valence-corrected chi connectivity index (χ0v) is 16.9. The summed E-state index contributed by atoms with van der Waals surface area (Å²) < 4.78 is 95.4. The van der Waals surface area contributed by atoms with Gasteiger partial charge in [-0.05, 0) is 42.5 Å². The second-order valence-electron chi connectivity index (χ2n) is 6.97. The number of ether oxygens (including phenoxy) is 3. The standard InChI is InChI=1S/C21H16F6N2O4/c1-31-18(30)12-3-6-15(7-4-12)32-11-16-10-29(19(33-16)21(25,26)27)14-5-2-13(9-28)17(8-14)20(22,23)24/h2-8,16,19H,10-11H2,1H3/t16-,19+/m0/s1. The topological polar surface area (TPSA) is 71.8 Å². The Kier molecular flexibility index (Phi) is 6.73. The first-order chi connectivity index (χ1) is 15.4. The molecule has 0 spiro atoms. The first-order valence-corrected chi connectivity index (χ1v) is 9.35. The molecule has 1 aliphatic heterocycles. The maximum Gasteiger partial charge on any atom is 0.433 e. The Labute approximate surface area is 183 Å². The van der Waals surface area contributed by atoms with E-state index in [1.807, 2.05) is 0 Å². The largest absolute Gasteiger partial charge is 0.491 e. The third-order valence-corrected chi connectivity index (χ3v) is 4.76. The van der Waals surface area contributed by atoms with Gasteiger partial charge in [0.1, 0.15) is 18.5 Å². The summed E-state index contributed by atoms with van der Waals surface area (Å²) >= 11 is 0. The van der Waals surface area contributed by atoms with Crippen LogP contribution in [0.3, 0.4) is 0 Å². The van der Waals surface area contributed by atoms with Gasteiger partial charge in [0.2, 0.25) is 6.23 Å². The number of halogens is 6. The molecule has 33 heavy (non-hydrogen) atoms. The number of hydrogen-bond acceptors (Lipinski definition) is 6. The van der Waals surface area contributed by atoms with Crippen molar-refractivity contribution in [1.82, 2.24) is 0 Å². The molecule has 0 aliphatic carbocycles. The molecule has 0 saturated carbocycles. The van der Waals surface area contributed by atoms with E-state index in [1.165, 1.54) is 37.4 Å². The first-order valence-electron chi connectivity index (χ1n) is 9.35. The van der Waals surface area contributed by atoms with Gasteiger partial charge in [0, 0.05) is 5.69 Å². The molecule has 1 fully saturated rings. The summed E-state index contributed by atoms with van der Waals surface area (Å²) in [5.74, 6) is -0.337. The number of esters is 1. The van der Waals surface area contributed by atoms with Gasteiger partial charge in [-0.1, -0.05) is 0 Å². The van der Waals surface area contributed by atoms with E-state index in [2.05, 4.69) is 4.74 Å². The van der Waals surface area contributed by atoms with Crippen LogP contribution in [0.4, 0.5) is 32.0 Å². The quantitative estimate of drug-likeness (QED) is 0.468. The van der Waals surface area contributed by atoms with Gasteiger partial charge in [-0.15, -0.1) is 0 Å². The highest BCUT2D eigenvalue weighted by molar-refractivity contribution is 5.89. The number of benzene rings is 2. The minimum absolute atomic E-state index is 0.242. The molecule has 3 rings (SSSR count). The normalized spacial score (nSPS) is 18.7. The van der Waals surface area contributed by atoms with Gasteiger partial charge in [0.25, 0.3) is 0 Å². The number of alkyl halides is 6. The Morgan fingerprint density at radius 2 is 1.82 bits per heavy atom. The molecule has 0 bridgehead atoms. The summed E-state index contributed by atoms with van der Waals surface area (Å²) in [4.78, 5) is 12.1. The molecule has 2 atom stereocenters. The lowest BCUT2D eigenvalue weighted by atomic mass is 10.1. The van der Waals surface area contributed by atoms with Crippen LogP contribution in [0.25, 0.3) is 0 Å². The van der Waals surface area contributed by atoms with Crippen molar-refractivity contribution >= 4 is 11.7 Å². The van der Waals surface area contributed by atoms with Crippen molar-refractivity contribution in [2.75, 3.05) is 25.2 Å². The summed E-state index contributed by atoms with van der Waals surface area (Å²) in [6.07, 6.45) is -13.4. The molecular weight excluding hydrogens is 458 g/mol. The lowest BCUT2D eigenvalue weighted by Crippen LogP contribution is -2.42. The van der Waals surface area contributed by atoms with Gasteiger partial charge in [0.05, 0.1) is 36.4 Å². The van der Waals surface area contributed by atoms with E-state index in [9.17, 15) is 31.1 Å². The van der Waals surface area contributed by atoms with E-state index in [4.69, 9.17) is 14.7 Å². The van der Waals surface area contributed by atoms with Crippen molar-refractivity contribution in [2.24, 2.45) is 0 Å². The van der Waals surface area contributed by atoms with E-state index < -0.39 is 54.0 Å². The van der Waals surface area contributed by atoms with E-state index in [-0.39, 0.29) is 17.9 Å². The molecule has 1 heterocycles. The Balaban J connectivity index is 1.78. The molecule has 6 nitrogen and oxygen atoms in total. The van der Waals surface area contributed by atoms with Crippen LogP contribution < -0.4 is 9.64 Å². The summed E-state index contributed by atoms with van der Waals surface area (Å²) in [5, 5.41) is 8.89. The third kappa shape index (κ3) is 5.48. The number of carbonyl (C=O) groups is 1. The maximum atomic E-state index is 13.5. The predicted octanol–water partition coefficient (Wildman–Crippen LogP) is 4.54. The van der Waals surface area contributed by atoms with E-state index >= 15 is 0 Å². The fraction of sp³-hybridized carbons (Fsp3) is 0.333. The van der Waals surface area contributed by atoms with Crippen LogP contribution in [-0.4, -0.2) is 44.7 Å². The minimum atomic E-state index is -4.92. The summed E-state index contributed by atoms with van der Waals surface area (Å²) in [5.41, 5.74) is -2.20. The number of nitrogens with zero attached hydrogens (tertiary/aromatic N) is 2. The summed E-state index contributed by atoms with van der Waals surface area (Å²) in [6, 6.07) is 9.33. The van der Waals surface area contributed by atoms with Crippen LogP contribution in [0.2, 0.25) is 0 Å². The van der Waals surface area contributed by atoms with Gasteiger partial charge < -0.3 is 19.1 Å². The Bertz CT molecular complexity index is 1050. The molecular formula is C21H16F6N2O4. The SMILES string of the molecule is COC(=O)c1ccc(OC[C@@H]2CN(c3ccc(C#N)c(C(F)(F)F)c3)[C@@H](C(F)(F)F)O2)cc1. The second kappa shape index (κ2) is 9.19. The van der Waals surface area contributed by atoms with Crippen LogP contribution in [-0.2, 0) is 15.7 Å². The predicted molar refractivity (Wildman–Crippen MR) is 101 cm³/mol. The number of methoxy groups -OCH3 is 1. The average molecular weight is 474 g/mol. The van der Waals surface area contributed by atoms with Gasteiger partial charge in [-0.25, -0.2) is 4.79 Å². The van der Waals surface area contributed by atoms with Crippen LogP contribution in [0.15, 0.2) is 42.5 Å². The summed E-state index contributed by atoms with van der Waals surface area (Å²) in [6.45, 7) is -0.739. The van der Waals surface area contributed by atoms with Gasteiger partial charge in [0.15, 0.2) is 0 Å². The molecule has 0 aromatic heterocycles. The Morgan fingerprint density at radius 1 is 1.15 bits per heavy atom. The average Bonchev–Trinajstić information content (AvgIpc) is 3.21. The smallest absolute Gasteiger partial charge is 0.433 e. The number of carbonyl (C=O) groups excluding carboxylic acids is 1. The number of hydrogen-bond donors (Lipinski definition) is 0. The maximum absolute atomic E-state index is 13.5. The minimum Gasteiger partial charge on any atom is -0.491 e. The fourth-order valence-corrected chi connectivity index (χ4v) is 3.24. The van der Waals surface area contributed by atoms with Crippen molar-refractivity contribution in [3.05, 3.63) is 59.2 Å². The second-order valence-corrected chi connectivity index (χ2v) is 6.97. The highest BCUT2D eigenvalue weighted by atomic mass is 19.4. The van der Waals surface area contributed by atoms with E-state index in [0.29, 0.717) is 11.0 Å². The molecule has 2 aromatic carbocycles. The highest BCUT2D eigenvalue weighted by Crippen LogP contribution is 2.39. The Hall–Kier alpha value is -3.46. The van der Waals surface area contributed by atoms with Gasteiger partial charge >= 0.3 is 18.3 Å². The molecule has 0 unspecified atom stereocenters. The molecule has 176 valence electrons. The molecule has 0 radical (unpaired) electrons. The summed E-state index contributed by atoms with van der Waals surface area (Å²) in [7, 11) is 1.21. The van der Waals surface area contributed by atoms with Gasteiger partial charge in [-0.3, -0.25) is 0 Å². The number of nitriles is 1. The molecule has 2 aromatic rings. The van der Waals surface area contributed by atoms with Crippen molar-refractivity contribution in [2.45, 2.75) is 24.7 Å². The van der Waals surface area contributed by atoms with Gasteiger partial charge in [-0.2, -0.15) is 31.6 Å². The fourth-order valence-electron chi connectivity index (χ4n) is 3.24. The van der Waals surface area contributed by atoms with Crippen LogP contribution in [0.5, 0.6) is 5.75 Å². The van der Waals surface area contributed by atoms with E-state index in [0.717, 1.165) is 12.1 Å². The number of anilines is 1. The lowest BCUT2D eigenvalue weighted by molar-refractivity contribution is -0.215. The van der Waals surface area contributed by atoms with Crippen molar-refractivity contribution in [3.63, 3.8) is 0 Å². The molecule has 0 N–H and O–H groups in total. The molecule has 0 amide bonds. The van der Waals surface area contributed by atoms with Crippen LogP contribution in [0.1, 0.15) is 21.5 Å². The van der Waals surface area contributed by atoms with Crippen molar-refractivity contribution in [3.8, 4) is 11.8 Å². The molecule has 1 saturated heterocycles.